The Morgan fingerprint density at radius 2 is 1.88 bits per heavy atom. The van der Waals surface area contributed by atoms with Gasteiger partial charge in [-0.1, -0.05) is 36.4 Å². The van der Waals surface area contributed by atoms with Gasteiger partial charge in [-0.25, -0.2) is 4.68 Å². The quantitative estimate of drug-likeness (QED) is 0.556. The number of hydrogen-bond acceptors (Lipinski definition) is 4. The highest BCUT2D eigenvalue weighted by molar-refractivity contribution is 7.17. The molecule has 0 unspecified atom stereocenters. The number of rotatable bonds is 4. The van der Waals surface area contributed by atoms with Gasteiger partial charge in [-0.2, -0.15) is 5.10 Å². The van der Waals surface area contributed by atoms with Gasteiger partial charge in [0.2, 0.25) is 0 Å². The van der Waals surface area contributed by atoms with E-state index in [1.54, 1.807) is 11.3 Å². The largest absolute Gasteiger partial charge is 0.304 e. The maximum absolute atomic E-state index is 12.4. The summed E-state index contributed by atoms with van der Waals surface area (Å²) in [5.41, 5.74) is 1.21. The first-order valence-corrected chi connectivity index (χ1v) is 9.91. The van der Waals surface area contributed by atoms with E-state index in [9.17, 15) is 4.79 Å². The van der Waals surface area contributed by atoms with Gasteiger partial charge in [-0.3, -0.25) is 4.79 Å². The van der Waals surface area contributed by atoms with Crippen LogP contribution >= 0.6 is 22.7 Å². The number of amides is 1. The average molecular weight is 365 g/mol. The van der Waals surface area contributed by atoms with Crippen molar-refractivity contribution in [2.75, 3.05) is 5.32 Å². The van der Waals surface area contributed by atoms with E-state index in [1.165, 1.54) is 16.9 Å². The average Bonchev–Trinajstić information content (AvgIpc) is 3.03. The molecule has 25 heavy (non-hydrogen) atoms. The zero-order valence-corrected chi connectivity index (χ0v) is 14.9. The first-order valence-electron chi connectivity index (χ1n) is 8.15. The molecule has 0 aliphatic heterocycles. The Hall–Kier alpha value is -2.44. The van der Waals surface area contributed by atoms with Crippen molar-refractivity contribution in [2.24, 2.45) is 0 Å². The molecule has 1 fully saturated rings. The molecule has 0 atom stereocenters. The zero-order valence-electron chi connectivity index (χ0n) is 13.3. The fraction of sp³-hybridized carbons (Fsp3) is 0.158. The molecule has 3 aromatic heterocycles. The summed E-state index contributed by atoms with van der Waals surface area (Å²) in [6.45, 7) is 0. The normalized spacial score (nSPS) is 15.4. The van der Waals surface area contributed by atoms with E-state index >= 15 is 0 Å². The van der Waals surface area contributed by atoms with Crippen LogP contribution in [0.5, 0.6) is 0 Å². The lowest BCUT2D eigenvalue weighted by Crippen LogP contribution is -2.20. The van der Waals surface area contributed by atoms with E-state index < -0.39 is 0 Å². The lowest BCUT2D eigenvalue weighted by molar-refractivity contribution is 0.103. The molecule has 1 aromatic carbocycles. The minimum atomic E-state index is -0.0997. The van der Waals surface area contributed by atoms with E-state index in [2.05, 4.69) is 39.6 Å². The number of carbonyl (C=O) groups is 1. The molecule has 5 rings (SSSR count). The smallest absolute Gasteiger partial charge is 0.266 e. The van der Waals surface area contributed by atoms with Crippen LogP contribution in [0.3, 0.4) is 0 Å². The highest BCUT2D eigenvalue weighted by Crippen LogP contribution is 2.51. The standard InChI is InChI=1S/C19H15N3OS2/c23-17(15-7-4-11-24-15)20-16-14-8-12-25-18(14)22(21-16)19(9-10-19)13-5-2-1-3-6-13/h1-8,11-12H,9-10H2,(H,20,21,23). The molecule has 4 nitrogen and oxygen atoms in total. The van der Waals surface area contributed by atoms with Crippen molar-refractivity contribution in [2.45, 2.75) is 18.4 Å². The molecule has 4 aromatic rings. The fourth-order valence-electron chi connectivity index (χ4n) is 3.29. The second-order valence-electron chi connectivity index (χ2n) is 6.23. The van der Waals surface area contributed by atoms with Crippen molar-refractivity contribution in [3.63, 3.8) is 0 Å². The van der Waals surface area contributed by atoms with Gasteiger partial charge in [0.1, 0.15) is 4.83 Å². The lowest BCUT2D eigenvalue weighted by atomic mass is 10.1. The Balaban J connectivity index is 1.57. The molecule has 0 saturated heterocycles. The van der Waals surface area contributed by atoms with Crippen LogP contribution in [0.1, 0.15) is 28.1 Å². The summed E-state index contributed by atoms with van der Waals surface area (Å²) >= 11 is 3.11. The number of thiophene rings is 2. The summed E-state index contributed by atoms with van der Waals surface area (Å²) in [7, 11) is 0. The van der Waals surface area contributed by atoms with Crippen LogP contribution in [-0.2, 0) is 5.54 Å². The van der Waals surface area contributed by atoms with Crippen LogP contribution in [0.4, 0.5) is 5.82 Å². The highest BCUT2D eigenvalue weighted by atomic mass is 32.1. The minimum Gasteiger partial charge on any atom is -0.304 e. The molecule has 1 aliphatic rings. The van der Waals surface area contributed by atoms with E-state index in [4.69, 9.17) is 5.10 Å². The van der Waals surface area contributed by atoms with Crippen LogP contribution in [-0.4, -0.2) is 15.7 Å². The molecule has 1 N–H and O–H groups in total. The molecule has 0 spiro atoms. The third-order valence-electron chi connectivity index (χ3n) is 4.71. The van der Waals surface area contributed by atoms with Gasteiger partial charge in [0.15, 0.2) is 5.82 Å². The predicted octanol–water partition coefficient (Wildman–Crippen LogP) is 4.95. The summed E-state index contributed by atoms with van der Waals surface area (Å²) in [5, 5.41) is 12.8. The second kappa shape index (κ2) is 5.54. The van der Waals surface area contributed by atoms with Crippen molar-refractivity contribution < 1.29 is 4.79 Å². The number of fused-ring (bicyclic) bond motifs is 1. The number of carbonyl (C=O) groups excluding carboxylic acids is 1. The minimum absolute atomic E-state index is 0.0731. The van der Waals surface area contributed by atoms with Gasteiger partial charge in [0.25, 0.3) is 5.91 Å². The van der Waals surface area contributed by atoms with Crippen LogP contribution in [0.25, 0.3) is 10.2 Å². The number of hydrogen-bond donors (Lipinski definition) is 1. The van der Waals surface area contributed by atoms with Crippen molar-refractivity contribution in [3.8, 4) is 0 Å². The van der Waals surface area contributed by atoms with Crippen LogP contribution in [0.15, 0.2) is 59.3 Å². The second-order valence-corrected chi connectivity index (χ2v) is 8.07. The summed E-state index contributed by atoms with van der Waals surface area (Å²) in [4.78, 5) is 14.2. The van der Waals surface area contributed by atoms with E-state index in [0.717, 1.165) is 23.1 Å². The Kier molecular flexibility index (Phi) is 3.29. The summed E-state index contributed by atoms with van der Waals surface area (Å²) in [6, 6.07) is 16.3. The zero-order chi connectivity index (χ0) is 16.9. The van der Waals surface area contributed by atoms with Gasteiger partial charge in [-0.05, 0) is 41.3 Å². The van der Waals surface area contributed by atoms with E-state index in [1.807, 2.05) is 29.6 Å². The number of nitrogens with one attached hydrogen (secondary N) is 1. The third kappa shape index (κ3) is 2.33. The van der Waals surface area contributed by atoms with Crippen LogP contribution < -0.4 is 5.32 Å². The molecule has 1 amide bonds. The maximum atomic E-state index is 12.4. The third-order valence-corrected chi connectivity index (χ3v) is 6.47. The molecule has 1 saturated carbocycles. The van der Waals surface area contributed by atoms with E-state index in [-0.39, 0.29) is 11.4 Å². The number of benzene rings is 1. The maximum Gasteiger partial charge on any atom is 0.266 e. The first kappa shape index (κ1) is 14.9. The monoisotopic (exact) mass is 365 g/mol. The summed E-state index contributed by atoms with van der Waals surface area (Å²) in [6.07, 6.45) is 2.15. The summed E-state index contributed by atoms with van der Waals surface area (Å²) < 4.78 is 2.12. The molecule has 0 bridgehead atoms. The fourth-order valence-corrected chi connectivity index (χ4v) is 4.85. The molecular weight excluding hydrogens is 350 g/mol. The molecule has 124 valence electrons. The predicted molar refractivity (Wildman–Crippen MR) is 103 cm³/mol. The van der Waals surface area contributed by atoms with Crippen molar-refractivity contribution in [1.82, 2.24) is 9.78 Å². The summed E-state index contributed by atoms with van der Waals surface area (Å²) in [5.74, 6) is 0.550. The van der Waals surface area contributed by atoms with Crippen LogP contribution in [0.2, 0.25) is 0 Å². The van der Waals surface area contributed by atoms with Gasteiger partial charge in [-0.15, -0.1) is 22.7 Å². The van der Waals surface area contributed by atoms with E-state index in [0.29, 0.717) is 10.7 Å². The van der Waals surface area contributed by atoms with Crippen molar-refractivity contribution in [3.05, 3.63) is 69.7 Å². The van der Waals surface area contributed by atoms with Gasteiger partial charge in [0.05, 0.1) is 15.8 Å². The topological polar surface area (TPSA) is 46.9 Å². The highest BCUT2D eigenvalue weighted by Gasteiger charge is 2.48. The van der Waals surface area contributed by atoms with Gasteiger partial charge in [0, 0.05) is 0 Å². The Morgan fingerprint density at radius 1 is 1.04 bits per heavy atom. The SMILES string of the molecule is O=C(Nc1nn(C2(c3ccccc3)CC2)c2sccc12)c1cccs1. The van der Waals surface area contributed by atoms with Gasteiger partial charge >= 0.3 is 0 Å². The van der Waals surface area contributed by atoms with Crippen molar-refractivity contribution in [1.29, 1.82) is 0 Å². The lowest BCUT2D eigenvalue weighted by Gasteiger charge is -2.17. The number of aromatic nitrogens is 2. The number of anilines is 1. The molecule has 6 heteroatoms. The van der Waals surface area contributed by atoms with Crippen LogP contribution in [0, 0.1) is 0 Å². The number of nitrogens with zero attached hydrogens (tertiary/aromatic N) is 2. The molecule has 3 heterocycles. The first-order chi connectivity index (χ1) is 12.3. The molecular formula is C19H15N3OS2. The molecule has 0 radical (unpaired) electrons. The van der Waals surface area contributed by atoms with Crippen molar-refractivity contribution >= 4 is 44.6 Å². The Labute approximate surface area is 152 Å². The Bertz CT molecular complexity index is 1040. The Morgan fingerprint density at radius 3 is 2.60 bits per heavy atom. The van der Waals surface area contributed by atoms with Gasteiger partial charge < -0.3 is 5.32 Å². The molecule has 1 aliphatic carbocycles.